The molecule has 0 saturated heterocycles. The topological polar surface area (TPSA) is 77.2 Å². The van der Waals surface area contributed by atoms with Gasteiger partial charge in [-0.05, 0) is 58.9 Å². The number of benzene rings is 3. The number of aryl methyl sites for hydroxylation is 1. The van der Waals surface area contributed by atoms with Gasteiger partial charge in [-0.3, -0.25) is 4.79 Å². The third kappa shape index (κ3) is 4.86. The minimum Gasteiger partial charge on any atom is -0.505 e. The lowest BCUT2D eigenvalue weighted by Crippen LogP contribution is -2.13. The number of aromatic nitrogens is 3. The van der Waals surface area contributed by atoms with Crippen molar-refractivity contribution in [3.8, 4) is 22.6 Å². The fraction of sp³-hybridized carbons (Fsp3) is 0.269. The number of esters is 1. The molecule has 170 valence electrons. The molecule has 3 aromatic carbocycles. The van der Waals surface area contributed by atoms with Gasteiger partial charge in [0, 0.05) is 17.0 Å². The molecule has 0 unspecified atom stereocenters. The molecule has 6 nitrogen and oxygen atoms in total. The van der Waals surface area contributed by atoms with E-state index in [0.29, 0.717) is 40.1 Å². The van der Waals surface area contributed by atoms with E-state index >= 15 is 0 Å². The van der Waals surface area contributed by atoms with Crippen LogP contribution in [0.5, 0.6) is 5.75 Å². The normalized spacial score (nSPS) is 11.7. The highest BCUT2D eigenvalue weighted by molar-refractivity contribution is 6.31. The summed E-state index contributed by atoms with van der Waals surface area (Å²) in [5.41, 5.74) is 5.30. The molecule has 0 bridgehead atoms. The number of ether oxygens (including phenoxy) is 1. The summed E-state index contributed by atoms with van der Waals surface area (Å²) in [5, 5.41) is 20.9. The maximum atomic E-state index is 11.4. The Labute approximate surface area is 197 Å². The average Bonchev–Trinajstić information content (AvgIpc) is 3.20. The molecule has 4 aromatic rings. The van der Waals surface area contributed by atoms with Crippen LogP contribution in [0.3, 0.4) is 0 Å². The van der Waals surface area contributed by atoms with Crippen molar-refractivity contribution in [2.75, 3.05) is 7.11 Å². The quantitative estimate of drug-likeness (QED) is 0.375. The molecule has 0 atom stereocenters. The molecule has 1 heterocycles. The number of hydrogen-bond acceptors (Lipinski definition) is 5. The van der Waals surface area contributed by atoms with E-state index in [9.17, 15) is 9.90 Å². The van der Waals surface area contributed by atoms with Crippen LogP contribution in [-0.4, -0.2) is 33.2 Å². The second-order valence-electron chi connectivity index (χ2n) is 9.04. The number of methoxy groups -OCH3 is 1. The highest BCUT2D eigenvalue weighted by Gasteiger charge is 2.22. The van der Waals surface area contributed by atoms with E-state index in [4.69, 9.17) is 16.3 Å². The number of nitrogens with zero attached hydrogens (tertiary/aromatic N) is 3. The Kier molecular flexibility index (Phi) is 6.13. The molecular weight excluding hydrogens is 438 g/mol. The average molecular weight is 464 g/mol. The highest BCUT2D eigenvalue weighted by atomic mass is 35.5. The second kappa shape index (κ2) is 8.87. The Bertz CT molecular complexity index is 1320. The molecular formula is C26H26ClN3O3. The van der Waals surface area contributed by atoms with Crippen LogP contribution in [0.25, 0.3) is 27.8 Å². The number of halogens is 1. The lowest BCUT2D eigenvalue weighted by atomic mass is 9.84. The number of phenolic OH excluding ortho intramolecular Hbond substituents is 1. The smallest absolute Gasteiger partial charge is 0.305 e. The Balaban J connectivity index is 1.79. The van der Waals surface area contributed by atoms with Gasteiger partial charge in [0.25, 0.3) is 0 Å². The molecule has 4 rings (SSSR count). The van der Waals surface area contributed by atoms with Crippen molar-refractivity contribution in [3.05, 3.63) is 70.7 Å². The SMILES string of the molecule is COC(=O)CCc1ccc(-c2cc(C(C)(C)C)cc(-n3nc4ccc(Cl)cc4n3)c2O)cc1. The zero-order valence-corrected chi connectivity index (χ0v) is 19.8. The summed E-state index contributed by atoms with van der Waals surface area (Å²) in [6.45, 7) is 6.36. The van der Waals surface area contributed by atoms with Gasteiger partial charge in [0.2, 0.25) is 0 Å². The van der Waals surface area contributed by atoms with Crippen molar-refractivity contribution in [3.63, 3.8) is 0 Å². The standard InChI is InChI=1S/C26H26ClN3O3/c1-26(2,3)18-13-20(17-8-5-16(6-9-17)7-12-24(31)33-4)25(32)23(14-18)30-28-21-11-10-19(27)15-22(21)29-30/h5-6,8-11,13-15,32H,7,12H2,1-4H3. The van der Waals surface area contributed by atoms with Crippen LogP contribution >= 0.6 is 11.6 Å². The van der Waals surface area contributed by atoms with Crippen molar-refractivity contribution in [1.82, 2.24) is 15.0 Å². The van der Waals surface area contributed by atoms with Crippen molar-refractivity contribution in [2.24, 2.45) is 0 Å². The summed E-state index contributed by atoms with van der Waals surface area (Å²) in [6, 6.07) is 17.1. The van der Waals surface area contributed by atoms with E-state index in [-0.39, 0.29) is 17.1 Å². The minimum atomic E-state index is -0.236. The first-order valence-corrected chi connectivity index (χ1v) is 11.1. The number of fused-ring (bicyclic) bond motifs is 1. The van der Waals surface area contributed by atoms with Crippen LogP contribution < -0.4 is 0 Å². The Morgan fingerprint density at radius 2 is 1.73 bits per heavy atom. The summed E-state index contributed by atoms with van der Waals surface area (Å²) < 4.78 is 4.72. The van der Waals surface area contributed by atoms with Crippen LogP contribution in [0.2, 0.25) is 5.02 Å². The van der Waals surface area contributed by atoms with Gasteiger partial charge < -0.3 is 9.84 Å². The summed E-state index contributed by atoms with van der Waals surface area (Å²) in [4.78, 5) is 12.9. The van der Waals surface area contributed by atoms with Crippen LogP contribution in [0, 0.1) is 0 Å². The van der Waals surface area contributed by atoms with E-state index in [0.717, 1.165) is 16.7 Å². The number of hydrogen-bond donors (Lipinski definition) is 1. The van der Waals surface area contributed by atoms with Crippen molar-refractivity contribution in [1.29, 1.82) is 0 Å². The molecule has 33 heavy (non-hydrogen) atoms. The molecule has 1 N–H and O–H groups in total. The van der Waals surface area contributed by atoms with Crippen molar-refractivity contribution in [2.45, 2.75) is 39.0 Å². The van der Waals surface area contributed by atoms with Crippen LogP contribution in [-0.2, 0) is 21.4 Å². The molecule has 0 spiro atoms. The second-order valence-corrected chi connectivity index (χ2v) is 9.47. The molecule has 7 heteroatoms. The van der Waals surface area contributed by atoms with Gasteiger partial charge in [-0.1, -0.05) is 56.6 Å². The minimum absolute atomic E-state index is 0.0942. The summed E-state index contributed by atoms with van der Waals surface area (Å²) in [7, 11) is 1.39. The number of phenols is 1. The molecule has 0 aliphatic carbocycles. The highest BCUT2D eigenvalue weighted by Crippen LogP contribution is 2.39. The molecule has 0 aliphatic heterocycles. The van der Waals surface area contributed by atoms with Gasteiger partial charge >= 0.3 is 5.97 Å². The maximum Gasteiger partial charge on any atom is 0.305 e. The van der Waals surface area contributed by atoms with E-state index in [1.807, 2.05) is 36.4 Å². The van der Waals surface area contributed by atoms with E-state index < -0.39 is 0 Å². The molecule has 0 amide bonds. The Hall–Kier alpha value is -3.38. The van der Waals surface area contributed by atoms with Gasteiger partial charge in [-0.2, -0.15) is 0 Å². The monoisotopic (exact) mass is 463 g/mol. The summed E-state index contributed by atoms with van der Waals surface area (Å²) in [6.07, 6.45) is 0.922. The third-order valence-electron chi connectivity index (χ3n) is 5.62. The largest absolute Gasteiger partial charge is 0.505 e. The van der Waals surface area contributed by atoms with Crippen LogP contribution in [0.4, 0.5) is 0 Å². The van der Waals surface area contributed by atoms with Gasteiger partial charge in [0.1, 0.15) is 16.7 Å². The lowest BCUT2D eigenvalue weighted by Gasteiger charge is -2.22. The van der Waals surface area contributed by atoms with Crippen LogP contribution in [0.1, 0.15) is 38.3 Å². The lowest BCUT2D eigenvalue weighted by molar-refractivity contribution is -0.140. The summed E-state index contributed by atoms with van der Waals surface area (Å²) >= 11 is 6.10. The summed E-state index contributed by atoms with van der Waals surface area (Å²) in [5.74, 6) is -0.142. The first-order valence-electron chi connectivity index (χ1n) is 10.7. The van der Waals surface area contributed by atoms with E-state index in [1.54, 1.807) is 18.2 Å². The van der Waals surface area contributed by atoms with Crippen molar-refractivity contribution >= 4 is 28.6 Å². The zero-order chi connectivity index (χ0) is 23.8. The Morgan fingerprint density at radius 3 is 2.39 bits per heavy atom. The first-order chi connectivity index (χ1) is 15.7. The molecule has 0 saturated carbocycles. The fourth-order valence-electron chi connectivity index (χ4n) is 3.62. The predicted molar refractivity (Wildman–Crippen MR) is 130 cm³/mol. The van der Waals surface area contributed by atoms with Crippen molar-refractivity contribution < 1.29 is 14.6 Å². The molecule has 0 fully saturated rings. The fourth-order valence-corrected chi connectivity index (χ4v) is 3.79. The van der Waals surface area contributed by atoms with Gasteiger partial charge in [-0.25, -0.2) is 0 Å². The number of carbonyl (C=O) groups excluding carboxylic acids is 1. The number of rotatable bonds is 5. The van der Waals surface area contributed by atoms with Gasteiger partial charge in [0.05, 0.1) is 7.11 Å². The Morgan fingerprint density at radius 1 is 1.03 bits per heavy atom. The third-order valence-corrected chi connectivity index (χ3v) is 5.86. The number of aromatic hydroxyl groups is 1. The van der Waals surface area contributed by atoms with E-state index in [1.165, 1.54) is 11.9 Å². The molecule has 0 radical (unpaired) electrons. The molecule has 0 aliphatic rings. The predicted octanol–water partition coefficient (Wildman–Crippen LogP) is 5.85. The molecule has 1 aromatic heterocycles. The zero-order valence-electron chi connectivity index (χ0n) is 19.1. The first kappa shape index (κ1) is 22.8. The van der Waals surface area contributed by atoms with Crippen LogP contribution in [0.15, 0.2) is 54.6 Å². The van der Waals surface area contributed by atoms with E-state index in [2.05, 4.69) is 31.0 Å². The van der Waals surface area contributed by atoms with Gasteiger partial charge in [0.15, 0.2) is 5.75 Å². The number of carbonyl (C=O) groups is 1. The maximum absolute atomic E-state index is 11.4. The van der Waals surface area contributed by atoms with Gasteiger partial charge in [-0.15, -0.1) is 15.0 Å².